The molecule has 0 heterocycles. The van der Waals surface area contributed by atoms with Gasteiger partial charge in [-0.05, 0) is 60.3 Å². The number of rotatable bonds is 3. The topological polar surface area (TPSA) is 61.2 Å². The number of nitrogens with zero attached hydrogens (tertiary/aromatic N) is 2. The molecule has 0 saturated carbocycles. The molecule has 0 fully saturated rings. The van der Waals surface area contributed by atoms with Gasteiger partial charge in [0.2, 0.25) is 0 Å². The molecule has 0 aromatic heterocycles. The minimum atomic E-state index is -0.111. The molecule has 0 aliphatic heterocycles. The molecule has 2 rings (SSSR count). The van der Waals surface area contributed by atoms with Gasteiger partial charge in [-0.15, -0.1) is 0 Å². The largest absolute Gasteiger partial charge is 0.339 e. The van der Waals surface area contributed by atoms with Gasteiger partial charge in [0.1, 0.15) is 0 Å². The molecule has 0 radical (unpaired) electrons. The van der Waals surface area contributed by atoms with Crippen LogP contribution in [0.2, 0.25) is 0 Å². The molecule has 4 nitrogen and oxygen atoms in total. The van der Waals surface area contributed by atoms with Gasteiger partial charge >= 0.3 is 0 Å². The van der Waals surface area contributed by atoms with Crippen molar-refractivity contribution < 1.29 is 9.59 Å². The fourth-order valence-corrected chi connectivity index (χ4v) is 2.39. The second kappa shape index (κ2) is 6.92. The number of carbonyl (C=O) groups excluding carboxylic acids is 2. The predicted molar refractivity (Wildman–Crippen MR) is 86.0 cm³/mol. The minimum absolute atomic E-state index is 0.0637. The van der Waals surface area contributed by atoms with Crippen molar-refractivity contribution in [1.82, 2.24) is 4.90 Å². The third-order valence-corrected chi connectivity index (χ3v) is 4.01. The number of benzene rings is 2. The monoisotopic (exact) mass is 310 g/mol. The Labute approximate surface area is 133 Å². The van der Waals surface area contributed by atoms with Crippen LogP contribution in [0.3, 0.4) is 0 Å². The quantitative estimate of drug-likeness (QED) is 0.642. The zero-order valence-corrected chi connectivity index (χ0v) is 13.1. The Hall–Kier alpha value is -2.58. The summed E-state index contributed by atoms with van der Waals surface area (Å²) in [6.07, 6.45) is 0. The van der Waals surface area contributed by atoms with Crippen molar-refractivity contribution in [1.29, 1.82) is 5.26 Å². The number of ketones is 1. The Balaban J connectivity index is 2.14. The van der Waals surface area contributed by atoms with Crippen LogP contribution in [0.1, 0.15) is 21.5 Å². The molecule has 5 heteroatoms. The van der Waals surface area contributed by atoms with E-state index in [2.05, 4.69) is 0 Å². The average molecular weight is 310 g/mol. The summed E-state index contributed by atoms with van der Waals surface area (Å²) < 4.78 is 0. The van der Waals surface area contributed by atoms with E-state index in [0.29, 0.717) is 16.7 Å². The highest BCUT2D eigenvalue weighted by atomic mass is 32.2. The normalized spacial score (nSPS) is 9.86. The summed E-state index contributed by atoms with van der Waals surface area (Å²) in [4.78, 5) is 26.2. The van der Waals surface area contributed by atoms with Crippen molar-refractivity contribution >= 4 is 22.8 Å². The second-order valence-electron chi connectivity index (χ2n) is 4.81. The van der Waals surface area contributed by atoms with Crippen LogP contribution in [0.5, 0.6) is 0 Å². The summed E-state index contributed by atoms with van der Waals surface area (Å²) in [5.74, 6) is -0.111. The van der Waals surface area contributed by atoms with E-state index in [4.69, 9.17) is 5.26 Å². The maximum absolute atomic E-state index is 12.3. The fourth-order valence-electron chi connectivity index (χ4n) is 1.73. The second-order valence-corrected chi connectivity index (χ2v) is 5.83. The molecule has 0 atom stereocenters. The van der Waals surface area contributed by atoms with Gasteiger partial charge in [0.05, 0.1) is 11.6 Å². The lowest BCUT2D eigenvalue weighted by atomic mass is 10.0. The van der Waals surface area contributed by atoms with Crippen molar-refractivity contribution in [2.24, 2.45) is 0 Å². The molecule has 110 valence electrons. The fraction of sp³-hybridized carbons (Fsp3) is 0.118. The molecule has 0 aliphatic carbocycles. The van der Waals surface area contributed by atoms with E-state index < -0.39 is 0 Å². The predicted octanol–water partition coefficient (Wildman–Crippen LogP) is 3.56. The first-order chi connectivity index (χ1) is 10.5. The van der Waals surface area contributed by atoms with Crippen LogP contribution in [0.4, 0.5) is 4.79 Å². The molecule has 0 spiro atoms. The number of carbonyl (C=O) groups is 2. The summed E-state index contributed by atoms with van der Waals surface area (Å²) in [6.45, 7) is 0. The van der Waals surface area contributed by atoms with E-state index in [-0.39, 0.29) is 11.0 Å². The number of hydrogen-bond acceptors (Lipinski definition) is 4. The number of thioether (sulfide) groups is 1. The van der Waals surface area contributed by atoms with Gasteiger partial charge in [-0.1, -0.05) is 0 Å². The third kappa shape index (κ3) is 3.74. The lowest BCUT2D eigenvalue weighted by Crippen LogP contribution is -2.15. The first-order valence-electron chi connectivity index (χ1n) is 6.55. The highest BCUT2D eigenvalue weighted by Gasteiger charge is 2.11. The number of hydrogen-bond donors (Lipinski definition) is 0. The van der Waals surface area contributed by atoms with Gasteiger partial charge in [0, 0.05) is 30.1 Å². The van der Waals surface area contributed by atoms with Gasteiger partial charge in [-0.3, -0.25) is 9.59 Å². The van der Waals surface area contributed by atoms with Gasteiger partial charge < -0.3 is 4.90 Å². The van der Waals surface area contributed by atoms with Crippen LogP contribution in [0.25, 0.3) is 0 Å². The SMILES string of the molecule is CN(C)C(=O)Sc1ccc(C(=O)c2ccc(C#N)cc2)cc1. The van der Waals surface area contributed by atoms with E-state index in [9.17, 15) is 9.59 Å². The molecule has 22 heavy (non-hydrogen) atoms. The van der Waals surface area contributed by atoms with Crippen LogP contribution in [0, 0.1) is 11.3 Å². The van der Waals surface area contributed by atoms with Gasteiger partial charge in [-0.25, -0.2) is 0 Å². The van der Waals surface area contributed by atoms with Crippen LogP contribution in [-0.4, -0.2) is 30.0 Å². The molecule has 2 aromatic rings. The minimum Gasteiger partial charge on any atom is -0.339 e. The van der Waals surface area contributed by atoms with E-state index in [0.717, 1.165) is 16.7 Å². The molecule has 0 bridgehead atoms. The van der Waals surface area contributed by atoms with Gasteiger partial charge in [0.15, 0.2) is 5.78 Å². The lowest BCUT2D eigenvalue weighted by molar-refractivity contribution is 0.103. The highest BCUT2D eigenvalue weighted by Crippen LogP contribution is 2.22. The summed E-state index contributed by atoms with van der Waals surface area (Å²) in [7, 11) is 3.39. The maximum Gasteiger partial charge on any atom is 0.285 e. The molecule has 2 aromatic carbocycles. The maximum atomic E-state index is 12.3. The zero-order chi connectivity index (χ0) is 16.1. The highest BCUT2D eigenvalue weighted by molar-refractivity contribution is 8.13. The van der Waals surface area contributed by atoms with Crippen LogP contribution < -0.4 is 0 Å². The Morgan fingerprint density at radius 2 is 1.45 bits per heavy atom. The van der Waals surface area contributed by atoms with Gasteiger partial charge in [0.25, 0.3) is 5.24 Å². The van der Waals surface area contributed by atoms with Crippen LogP contribution in [0.15, 0.2) is 53.4 Å². The Morgan fingerprint density at radius 1 is 0.955 bits per heavy atom. The summed E-state index contributed by atoms with van der Waals surface area (Å²) in [6, 6.07) is 15.4. The number of amides is 1. The summed E-state index contributed by atoms with van der Waals surface area (Å²) >= 11 is 1.11. The molecular weight excluding hydrogens is 296 g/mol. The van der Waals surface area contributed by atoms with Crippen molar-refractivity contribution in [3.05, 3.63) is 65.2 Å². The third-order valence-electron chi connectivity index (χ3n) is 2.96. The standard InChI is InChI=1S/C17H14N2O2S/c1-19(2)17(21)22-15-9-7-14(8-10-15)16(20)13-5-3-12(11-18)4-6-13/h3-10H,1-2H3. The smallest absolute Gasteiger partial charge is 0.285 e. The Morgan fingerprint density at radius 3 is 1.91 bits per heavy atom. The zero-order valence-electron chi connectivity index (χ0n) is 12.2. The van der Waals surface area contributed by atoms with Crippen LogP contribution >= 0.6 is 11.8 Å². The lowest BCUT2D eigenvalue weighted by Gasteiger charge is -2.09. The molecule has 0 aliphatic rings. The van der Waals surface area contributed by atoms with Crippen molar-refractivity contribution in [3.8, 4) is 6.07 Å². The summed E-state index contributed by atoms with van der Waals surface area (Å²) in [5.41, 5.74) is 1.60. The Bertz CT molecular complexity index is 729. The molecule has 0 unspecified atom stereocenters. The first kappa shape index (κ1) is 15.8. The van der Waals surface area contributed by atoms with Crippen LogP contribution in [-0.2, 0) is 0 Å². The van der Waals surface area contributed by atoms with Crippen molar-refractivity contribution in [2.75, 3.05) is 14.1 Å². The molecular formula is C17H14N2O2S. The van der Waals surface area contributed by atoms with E-state index in [1.54, 1.807) is 62.6 Å². The van der Waals surface area contributed by atoms with E-state index in [1.807, 2.05) is 6.07 Å². The molecule has 0 saturated heterocycles. The molecule has 0 N–H and O–H groups in total. The van der Waals surface area contributed by atoms with E-state index >= 15 is 0 Å². The van der Waals surface area contributed by atoms with Crippen molar-refractivity contribution in [3.63, 3.8) is 0 Å². The molecule has 1 amide bonds. The van der Waals surface area contributed by atoms with Gasteiger partial charge in [-0.2, -0.15) is 5.26 Å². The Kier molecular flexibility index (Phi) is 4.97. The average Bonchev–Trinajstić information content (AvgIpc) is 2.55. The first-order valence-corrected chi connectivity index (χ1v) is 7.37. The number of nitriles is 1. The van der Waals surface area contributed by atoms with Crippen molar-refractivity contribution in [2.45, 2.75) is 4.90 Å². The van der Waals surface area contributed by atoms with E-state index in [1.165, 1.54) is 4.90 Å². The summed E-state index contributed by atoms with van der Waals surface area (Å²) in [5, 5.41) is 8.69.